The lowest BCUT2D eigenvalue weighted by Crippen LogP contribution is -2.41. The van der Waals surface area contributed by atoms with E-state index in [2.05, 4.69) is 15.6 Å². The van der Waals surface area contributed by atoms with Gasteiger partial charge in [-0.25, -0.2) is 4.79 Å². The summed E-state index contributed by atoms with van der Waals surface area (Å²) in [5.41, 5.74) is 1.56. The molecule has 0 spiro atoms. The number of nitrogens with zero attached hydrogens (tertiary/aromatic N) is 1. The first-order chi connectivity index (χ1) is 16.2. The molecule has 0 aliphatic carbocycles. The van der Waals surface area contributed by atoms with Crippen LogP contribution in [0.4, 0.5) is 10.5 Å². The summed E-state index contributed by atoms with van der Waals surface area (Å²) in [7, 11) is 0. The molecule has 5 rings (SSSR count). The van der Waals surface area contributed by atoms with Crippen molar-refractivity contribution < 1.29 is 23.7 Å². The second kappa shape index (κ2) is 9.99. The number of nitrogens with one attached hydrogen (secondary N) is 2. The number of carbonyl (C=O) groups excluding carboxylic acids is 1. The van der Waals surface area contributed by atoms with Crippen LogP contribution in [0.5, 0.6) is 11.5 Å². The predicted octanol–water partition coefficient (Wildman–Crippen LogP) is 3.75. The molecule has 8 nitrogen and oxygen atoms in total. The van der Waals surface area contributed by atoms with E-state index in [1.807, 2.05) is 48.5 Å². The number of para-hydroxylation sites is 1. The fourth-order valence-corrected chi connectivity index (χ4v) is 3.99. The number of carbonyl (C=O) groups is 1. The van der Waals surface area contributed by atoms with Crippen LogP contribution in [0, 0.1) is 0 Å². The molecule has 33 heavy (non-hydrogen) atoms. The molecule has 2 aromatic carbocycles. The molecule has 2 aliphatic rings. The zero-order valence-electron chi connectivity index (χ0n) is 17.9. The molecule has 170 valence electrons. The molecule has 2 aliphatic heterocycles. The highest BCUT2D eigenvalue weighted by atomic mass is 16.6. The number of pyridine rings is 1. The summed E-state index contributed by atoms with van der Waals surface area (Å²) >= 11 is 0. The summed E-state index contributed by atoms with van der Waals surface area (Å²) in [6.07, 6.45) is 0.301. The Labute approximate surface area is 191 Å². The van der Waals surface area contributed by atoms with Gasteiger partial charge in [-0.1, -0.05) is 24.3 Å². The lowest BCUT2D eigenvalue weighted by atomic mass is 10.1. The van der Waals surface area contributed by atoms with E-state index in [9.17, 15) is 4.79 Å². The molecular formula is C25H25N3O5. The molecule has 3 aromatic rings. The molecule has 1 aromatic heterocycles. The van der Waals surface area contributed by atoms with Crippen molar-refractivity contribution in [2.75, 3.05) is 18.5 Å². The summed E-state index contributed by atoms with van der Waals surface area (Å²) in [5, 5.41) is 6.17. The number of benzene rings is 2. The smallest absolute Gasteiger partial charge is 0.412 e. The highest BCUT2D eigenvalue weighted by Gasteiger charge is 2.49. The van der Waals surface area contributed by atoms with E-state index < -0.39 is 12.2 Å². The maximum atomic E-state index is 12.4. The SMILES string of the molecule is O=C(Nc1ccc(Oc2ccccc2)cc1)OC1COC2C(NCc3ccccn3)COC12. The monoisotopic (exact) mass is 447 g/mol. The van der Waals surface area contributed by atoms with Gasteiger partial charge in [0.15, 0.2) is 6.10 Å². The van der Waals surface area contributed by atoms with Gasteiger partial charge in [-0.2, -0.15) is 0 Å². The maximum absolute atomic E-state index is 12.4. The van der Waals surface area contributed by atoms with Gasteiger partial charge in [0.25, 0.3) is 0 Å². The summed E-state index contributed by atoms with van der Waals surface area (Å²) in [6, 6.07) is 22.4. The third kappa shape index (κ3) is 5.31. The van der Waals surface area contributed by atoms with Crippen molar-refractivity contribution in [3.63, 3.8) is 0 Å². The summed E-state index contributed by atoms with van der Waals surface area (Å²) < 4.78 is 23.1. The second-order valence-corrected chi connectivity index (χ2v) is 7.91. The number of anilines is 1. The van der Waals surface area contributed by atoms with Crippen molar-refractivity contribution in [3.05, 3.63) is 84.7 Å². The first-order valence-corrected chi connectivity index (χ1v) is 10.9. The zero-order valence-corrected chi connectivity index (χ0v) is 17.9. The fourth-order valence-electron chi connectivity index (χ4n) is 3.99. The Morgan fingerprint density at radius 1 is 0.909 bits per heavy atom. The number of hydrogen-bond donors (Lipinski definition) is 2. The molecule has 0 bridgehead atoms. The van der Waals surface area contributed by atoms with Crippen molar-refractivity contribution in [1.29, 1.82) is 0 Å². The Morgan fingerprint density at radius 3 is 2.45 bits per heavy atom. The van der Waals surface area contributed by atoms with Gasteiger partial charge in [0, 0.05) is 18.4 Å². The molecule has 1 amide bonds. The van der Waals surface area contributed by atoms with Crippen LogP contribution >= 0.6 is 0 Å². The van der Waals surface area contributed by atoms with E-state index in [1.54, 1.807) is 30.5 Å². The summed E-state index contributed by atoms with van der Waals surface area (Å²) in [6.45, 7) is 1.42. The number of rotatable bonds is 7. The molecule has 2 N–H and O–H groups in total. The van der Waals surface area contributed by atoms with Crippen molar-refractivity contribution >= 4 is 11.8 Å². The number of ether oxygens (including phenoxy) is 4. The third-order valence-corrected chi connectivity index (χ3v) is 5.62. The van der Waals surface area contributed by atoms with Gasteiger partial charge in [-0.05, 0) is 48.5 Å². The van der Waals surface area contributed by atoms with E-state index in [0.29, 0.717) is 31.2 Å². The minimum absolute atomic E-state index is 0.0193. The quantitative estimate of drug-likeness (QED) is 0.570. The van der Waals surface area contributed by atoms with Crippen LogP contribution in [0.1, 0.15) is 5.69 Å². The van der Waals surface area contributed by atoms with E-state index in [1.165, 1.54) is 0 Å². The molecular weight excluding hydrogens is 422 g/mol. The first kappa shape index (κ1) is 21.4. The normalized spacial score (nSPS) is 23.6. The van der Waals surface area contributed by atoms with E-state index in [0.717, 1.165) is 11.4 Å². The van der Waals surface area contributed by atoms with Crippen LogP contribution in [-0.2, 0) is 20.8 Å². The van der Waals surface area contributed by atoms with Crippen molar-refractivity contribution in [2.24, 2.45) is 0 Å². The Balaban J connectivity index is 1.10. The molecule has 0 radical (unpaired) electrons. The van der Waals surface area contributed by atoms with Gasteiger partial charge in [0.2, 0.25) is 0 Å². The molecule has 8 heteroatoms. The predicted molar refractivity (Wildman–Crippen MR) is 121 cm³/mol. The Kier molecular flexibility index (Phi) is 6.48. The summed E-state index contributed by atoms with van der Waals surface area (Å²) in [4.78, 5) is 16.7. The van der Waals surface area contributed by atoms with Gasteiger partial charge in [-0.3, -0.25) is 10.3 Å². The third-order valence-electron chi connectivity index (χ3n) is 5.62. The minimum Gasteiger partial charge on any atom is -0.457 e. The van der Waals surface area contributed by atoms with Crippen molar-refractivity contribution in [1.82, 2.24) is 10.3 Å². The van der Waals surface area contributed by atoms with Gasteiger partial charge in [-0.15, -0.1) is 0 Å². The standard InChI is InChI=1S/C25H25N3O5/c29-25(28-17-9-11-20(12-10-17)32-19-7-2-1-3-8-19)33-22-16-31-23-21(15-30-24(22)23)27-14-18-6-4-5-13-26-18/h1-13,21-24,27H,14-16H2,(H,28,29). The Hall–Kier alpha value is -3.46. The van der Waals surface area contributed by atoms with Gasteiger partial charge < -0.3 is 24.3 Å². The Bertz CT molecular complexity index is 1050. The molecule has 3 heterocycles. The lowest BCUT2D eigenvalue weighted by molar-refractivity contribution is 0.00854. The van der Waals surface area contributed by atoms with E-state index in [4.69, 9.17) is 18.9 Å². The molecule has 0 saturated carbocycles. The average molecular weight is 447 g/mol. The van der Waals surface area contributed by atoms with Gasteiger partial charge in [0.1, 0.15) is 23.7 Å². The highest BCUT2D eigenvalue weighted by Crippen LogP contribution is 2.29. The van der Waals surface area contributed by atoms with Crippen molar-refractivity contribution in [3.8, 4) is 11.5 Å². The fraction of sp³-hybridized carbons (Fsp3) is 0.280. The first-order valence-electron chi connectivity index (χ1n) is 10.9. The van der Waals surface area contributed by atoms with E-state index >= 15 is 0 Å². The van der Waals surface area contributed by atoms with Crippen molar-refractivity contribution in [2.45, 2.75) is 30.9 Å². The van der Waals surface area contributed by atoms with Crippen LogP contribution in [0.2, 0.25) is 0 Å². The molecule has 4 atom stereocenters. The average Bonchev–Trinajstić information content (AvgIpc) is 3.43. The van der Waals surface area contributed by atoms with Crippen LogP contribution in [0.25, 0.3) is 0 Å². The van der Waals surface area contributed by atoms with Crippen LogP contribution in [0.15, 0.2) is 79.0 Å². The topological polar surface area (TPSA) is 90.9 Å². The number of amides is 1. The molecule has 2 saturated heterocycles. The second-order valence-electron chi connectivity index (χ2n) is 7.91. The number of aromatic nitrogens is 1. The molecule has 4 unspecified atom stereocenters. The molecule has 2 fully saturated rings. The lowest BCUT2D eigenvalue weighted by Gasteiger charge is -2.18. The maximum Gasteiger partial charge on any atom is 0.412 e. The summed E-state index contributed by atoms with van der Waals surface area (Å²) in [5.74, 6) is 1.42. The zero-order chi connectivity index (χ0) is 22.5. The van der Waals surface area contributed by atoms with Crippen LogP contribution in [-0.4, -0.2) is 48.6 Å². The van der Waals surface area contributed by atoms with Gasteiger partial charge in [0.05, 0.1) is 24.9 Å². The van der Waals surface area contributed by atoms with E-state index in [-0.39, 0.29) is 18.2 Å². The number of hydrogen-bond acceptors (Lipinski definition) is 7. The van der Waals surface area contributed by atoms with Crippen LogP contribution < -0.4 is 15.4 Å². The van der Waals surface area contributed by atoms with Gasteiger partial charge >= 0.3 is 6.09 Å². The highest BCUT2D eigenvalue weighted by molar-refractivity contribution is 5.84. The largest absolute Gasteiger partial charge is 0.457 e. The van der Waals surface area contributed by atoms with Crippen LogP contribution in [0.3, 0.4) is 0 Å². The number of fused-ring (bicyclic) bond motifs is 1. The minimum atomic E-state index is -0.547. The Morgan fingerprint density at radius 2 is 1.67 bits per heavy atom.